The van der Waals surface area contributed by atoms with Crippen LogP contribution in [-0.4, -0.2) is 12.1 Å². The van der Waals surface area contributed by atoms with Gasteiger partial charge in [-0.3, -0.25) is 4.79 Å². The Kier molecular flexibility index (Phi) is 4.08. The lowest BCUT2D eigenvalue weighted by atomic mass is 10.1. The molecule has 0 aromatic carbocycles. The highest BCUT2D eigenvalue weighted by atomic mass is 16.5. The van der Waals surface area contributed by atoms with Crippen LogP contribution in [0.1, 0.15) is 27.2 Å². The van der Waals surface area contributed by atoms with Gasteiger partial charge in [-0.1, -0.05) is 13.8 Å². The predicted molar refractivity (Wildman–Crippen MR) is 40.4 cm³/mol. The van der Waals surface area contributed by atoms with Gasteiger partial charge in [-0.2, -0.15) is 0 Å². The van der Waals surface area contributed by atoms with Gasteiger partial charge < -0.3 is 4.74 Å². The zero-order chi connectivity index (χ0) is 8.15. The number of esters is 1. The van der Waals surface area contributed by atoms with Gasteiger partial charge in [0.15, 0.2) is 0 Å². The molecule has 0 spiro atoms. The molecule has 0 amide bonds. The van der Waals surface area contributed by atoms with Crippen molar-refractivity contribution in [3.8, 4) is 0 Å². The Hall–Kier alpha value is -0.530. The van der Waals surface area contributed by atoms with Crippen molar-refractivity contribution >= 4 is 5.97 Å². The summed E-state index contributed by atoms with van der Waals surface area (Å²) in [6.07, 6.45) is 0.590. The first-order valence-electron chi connectivity index (χ1n) is 3.61. The first-order chi connectivity index (χ1) is 4.57. The maximum Gasteiger partial charge on any atom is 0.308 e. The lowest BCUT2D eigenvalue weighted by Crippen LogP contribution is -2.18. The molecule has 1 radical (unpaired) electrons. The van der Waals surface area contributed by atoms with E-state index >= 15 is 0 Å². The molecule has 0 rings (SSSR count). The van der Waals surface area contributed by atoms with Gasteiger partial charge in [0.1, 0.15) is 0 Å². The van der Waals surface area contributed by atoms with E-state index in [9.17, 15) is 4.79 Å². The molecule has 0 saturated carbocycles. The molecule has 0 aliphatic rings. The Labute approximate surface area is 62.6 Å². The fraction of sp³-hybridized carbons (Fsp3) is 0.750. The second-order valence-corrected chi connectivity index (χ2v) is 2.56. The molecule has 0 aliphatic carbocycles. The van der Waals surface area contributed by atoms with Crippen molar-refractivity contribution in [1.82, 2.24) is 0 Å². The van der Waals surface area contributed by atoms with Crippen LogP contribution in [0.15, 0.2) is 0 Å². The Bertz CT molecular complexity index is 108. The summed E-state index contributed by atoms with van der Waals surface area (Å²) in [6.45, 7) is 9.11. The number of carbonyl (C=O) groups excluding carboxylic acids is 1. The smallest absolute Gasteiger partial charge is 0.308 e. The van der Waals surface area contributed by atoms with Crippen molar-refractivity contribution in [1.29, 1.82) is 0 Å². The van der Waals surface area contributed by atoms with E-state index in [1.54, 1.807) is 6.92 Å². The molecule has 0 aliphatic heterocycles. The molecule has 0 aromatic rings. The average molecular weight is 143 g/mol. The Morgan fingerprint density at radius 3 is 2.40 bits per heavy atom. The van der Waals surface area contributed by atoms with Gasteiger partial charge in [0.05, 0.1) is 12.0 Å². The molecule has 0 N–H and O–H groups in total. The normalized spacial score (nSPS) is 13.3. The standard InChI is InChI=1S/C8H15O2/c1-5-7(4)8(9)10-6(2)3/h6-7H,2,5H2,1,3-4H3. The molecule has 2 unspecified atom stereocenters. The molecule has 2 heteroatoms. The molecule has 0 heterocycles. The molecule has 0 bridgehead atoms. The van der Waals surface area contributed by atoms with E-state index in [2.05, 4.69) is 6.92 Å². The Morgan fingerprint density at radius 1 is 1.60 bits per heavy atom. The van der Waals surface area contributed by atoms with Crippen molar-refractivity contribution in [2.45, 2.75) is 33.3 Å². The summed E-state index contributed by atoms with van der Waals surface area (Å²) in [5.74, 6) is -0.144. The van der Waals surface area contributed by atoms with Crippen LogP contribution in [0.3, 0.4) is 0 Å². The van der Waals surface area contributed by atoms with E-state index in [1.807, 2.05) is 13.8 Å². The number of hydrogen-bond donors (Lipinski definition) is 0. The third-order valence-electron chi connectivity index (χ3n) is 1.33. The maximum atomic E-state index is 10.9. The highest BCUT2D eigenvalue weighted by Gasteiger charge is 2.12. The maximum absolute atomic E-state index is 10.9. The van der Waals surface area contributed by atoms with Crippen LogP contribution < -0.4 is 0 Å². The molecule has 0 fully saturated rings. The number of rotatable bonds is 3. The quantitative estimate of drug-likeness (QED) is 0.563. The van der Waals surface area contributed by atoms with Crippen LogP contribution in [0.5, 0.6) is 0 Å². The topological polar surface area (TPSA) is 26.3 Å². The largest absolute Gasteiger partial charge is 0.462 e. The number of ether oxygens (including phenoxy) is 1. The third kappa shape index (κ3) is 3.49. The van der Waals surface area contributed by atoms with Crippen LogP contribution in [0.4, 0.5) is 0 Å². The first-order valence-corrected chi connectivity index (χ1v) is 3.61. The van der Waals surface area contributed by atoms with E-state index in [1.165, 1.54) is 0 Å². The molecule has 10 heavy (non-hydrogen) atoms. The molecule has 59 valence electrons. The van der Waals surface area contributed by atoms with E-state index < -0.39 is 0 Å². The summed E-state index contributed by atoms with van der Waals surface area (Å²) in [5, 5.41) is 0. The lowest BCUT2D eigenvalue weighted by Gasteiger charge is -2.11. The van der Waals surface area contributed by atoms with Gasteiger partial charge in [0, 0.05) is 0 Å². The van der Waals surface area contributed by atoms with Gasteiger partial charge in [-0.05, 0) is 20.3 Å². The van der Waals surface area contributed by atoms with E-state index in [0.717, 1.165) is 6.42 Å². The molecule has 0 saturated heterocycles. The molecule has 2 atom stereocenters. The number of carbonyl (C=O) groups is 1. The fourth-order valence-corrected chi connectivity index (χ4v) is 0.481. The van der Waals surface area contributed by atoms with Crippen LogP contribution in [0, 0.1) is 12.8 Å². The van der Waals surface area contributed by atoms with Gasteiger partial charge >= 0.3 is 5.97 Å². The summed E-state index contributed by atoms with van der Waals surface area (Å²) < 4.78 is 4.85. The molecule has 0 aromatic heterocycles. The van der Waals surface area contributed by atoms with Crippen LogP contribution in [0.2, 0.25) is 0 Å². The van der Waals surface area contributed by atoms with Gasteiger partial charge in [-0.15, -0.1) is 0 Å². The van der Waals surface area contributed by atoms with Gasteiger partial charge in [-0.25, -0.2) is 0 Å². The fourth-order valence-electron chi connectivity index (χ4n) is 0.481. The molecule has 2 nitrogen and oxygen atoms in total. The number of hydrogen-bond acceptors (Lipinski definition) is 2. The van der Waals surface area contributed by atoms with Gasteiger partial charge in [0.25, 0.3) is 0 Å². The SMILES string of the molecule is [CH2]C(C)OC(=O)C(C)CC. The van der Waals surface area contributed by atoms with E-state index in [0.29, 0.717) is 0 Å². The van der Waals surface area contributed by atoms with E-state index in [4.69, 9.17) is 4.74 Å². The summed E-state index contributed by atoms with van der Waals surface area (Å²) >= 11 is 0. The van der Waals surface area contributed by atoms with Crippen LogP contribution in [0.25, 0.3) is 0 Å². The van der Waals surface area contributed by atoms with Crippen molar-refractivity contribution < 1.29 is 9.53 Å². The third-order valence-corrected chi connectivity index (χ3v) is 1.33. The summed E-state index contributed by atoms with van der Waals surface area (Å²) in [4.78, 5) is 10.9. The van der Waals surface area contributed by atoms with E-state index in [-0.39, 0.29) is 18.0 Å². The zero-order valence-corrected chi connectivity index (χ0v) is 6.89. The molecular weight excluding hydrogens is 128 g/mol. The highest BCUT2D eigenvalue weighted by Crippen LogP contribution is 2.04. The summed E-state index contributed by atoms with van der Waals surface area (Å²) in [7, 11) is 0. The van der Waals surface area contributed by atoms with Crippen molar-refractivity contribution in [3.63, 3.8) is 0 Å². The predicted octanol–water partition coefficient (Wildman–Crippen LogP) is 1.80. The van der Waals surface area contributed by atoms with Crippen LogP contribution in [-0.2, 0) is 9.53 Å². The zero-order valence-electron chi connectivity index (χ0n) is 6.89. The average Bonchev–Trinajstić information content (AvgIpc) is 1.85. The van der Waals surface area contributed by atoms with Crippen LogP contribution >= 0.6 is 0 Å². The van der Waals surface area contributed by atoms with Crippen molar-refractivity contribution in [2.75, 3.05) is 0 Å². The Balaban J connectivity index is 3.62. The summed E-state index contributed by atoms with van der Waals surface area (Å²) in [5.41, 5.74) is 0. The second-order valence-electron chi connectivity index (χ2n) is 2.56. The minimum absolute atomic E-state index is 0.00389. The van der Waals surface area contributed by atoms with Crippen molar-refractivity contribution in [3.05, 3.63) is 6.92 Å². The van der Waals surface area contributed by atoms with Gasteiger partial charge in [0.2, 0.25) is 0 Å². The second kappa shape index (κ2) is 4.31. The van der Waals surface area contributed by atoms with Crippen molar-refractivity contribution in [2.24, 2.45) is 5.92 Å². The minimum atomic E-state index is -0.235. The monoisotopic (exact) mass is 143 g/mol. The minimum Gasteiger partial charge on any atom is -0.462 e. The lowest BCUT2D eigenvalue weighted by molar-refractivity contribution is -0.150. The summed E-state index contributed by atoms with van der Waals surface area (Å²) in [6, 6.07) is 0. The highest BCUT2D eigenvalue weighted by molar-refractivity contribution is 5.72. The molecular formula is C8H15O2. The Morgan fingerprint density at radius 2 is 2.10 bits per heavy atom. The first kappa shape index (κ1) is 9.47.